The van der Waals surface area contributed by atoms with Crippen molar-refractivity contribution in [2.45, 2.75) is 27.1 Å². The summed E-state index contributed by atoms with van der Waals surface area (Å²) in [6, 6.07) is 13.6. The van der Waals surface area contributed by atoms with Gasteiger partial charge in [0.2, 0.25) is 0 Å². The number of ether oxygens (including phenoxy) is 2. The van der Waals surface area contributed by atoms with Crippen LogP contribution in [0.4, 0.5) is 20.2 Å². The first kappa shape index (κ1) is 24.4. The maximum Gasteiger partial charge on any atom is 0.139 e. The molecule has 0 unspecified atom stereocenters. The molecule has 0 bridgehead atoms. The predicted molar refractivity (Wildman–Crippen MR) is 137 cm³/mol. The number of anilines is 2. The second-order valence-electron chi connectivity index (χ2n) is 8.27. The third-order valence-corrected chi connectivity index (χ3v) is 5.74. The molecule has 8 nitrogen and oxygen atoms in total. The number of aromatic nitrogens is 5. The van der Waals surface area contributed by atoms with Gasteiger partial charge in [-0.05, 0) is 32.0 Å². The molecule has 3 aromatic heterocycles. The number of hydrogen-bond donors (Lipinski definition) is 1. The number of pyridine rings is 1. The van der Waals surface area contributed by atoms with Crippen molar-refractivity contribution in [2.75, 3.05) is 18.5 Å². The number of nitrogens with zero attached hydrogens (tertiary/aromatic N) is 5. The van der Waals surface area contributed by atoms with E-state index < -0.39 is 11.6 Å². The Bertz CT molecular complexity index is 1510. The second kappa shape index (κ2) is 10.8. The van der Waals surface area contributed by atoms with Crippen LogP contribution in [0.5, 0.6) is 5.75 Å². The molecule has 1 N–H and O–H groups in total. The van der Waals surface area contributed by atoms with E-state index in [0.717, 1.165) is 22.3 Å². The Morgan fingerprint density at radius 2 is 1.78 bits per heavy atom. The van der Waals surface area contributed by atoms with Crippen LogP contribution in [0.15, 0.2) is 67.1 Å². The first-order valence-electron chi connectivity index (χ1n) is 12.0. The summed E-state index contributed by atoms with van der Waals surface area (Å²) >= 11 is 0. The number of halogens is 2. The Hall–Kier alpha value is -4.31. The maximum absolute atomic E-state index is 14.8. The molecule has 0 amide bonds. The minimum Gasteiger partial charge on any atom is -0.494 e. The molecule has 2 aromatic carbocycles. The lowest BCUT2D eigenvalue weighted by atomic mass is 10.1. The van der Waals surface area contributed by atoms with Gasteiger partial charge in [-0.25, -0.2) is 13.5 Å². The van der Waals surface area contributed by atoms with E-state index in [2.05, 4.69) is 15.4 Å². The summed E-state index contributed by atoms with van der Waals surface area (Å²) in [4.78, 5) is 4.51. The van der Waals surface area contributed by atoms with Crippen molar-refractivity contribution in [1.82, 2.24) is 24.5 Å². The van der Waals surface area contributed by atoms with Crippen molar-refractivity contribution < 1.29 is 18.3 Å². The van der Waals surface area contributed by atoms with Gasteiger partial charge in [0.25, 0.3) is 0 Å². The molecule has 5 aromatic rings. The summed E-state index contributed by atoms with van der Waals surface area (Å²) < 4.78 is 43.5. The van der Waals surface area contributed by atoms with Crippen molar-refractivity contribution in [3.63, 3.8) is 0 Å². The monoisotopic (exact) mass is 504 g/mol. The molecule has 0 fully saturated rings. The molecule has 0 aliphatic rings. The van der Waals surface area contributed by atoms with E-state index in [1.807, 2.05) is 49.5 Å². The zero-order valence-corrected chi connectivity index (χ0v) is 20.5. The highest BCUT2D eigenvalue weighted by Crippen LogP contribution is 2.30. The van der Waals surface area contributed by atoms with Gasteiger partial charge in [-0.2, -0.15) is 10.2 Å². The molecule has 0 spiro atoms. The van der Waals surface area contributed by atoms with Gasteiger partial charge in [-0.1, -0.05) is 18.2 Å². The Labute approximate surface area is 212 Å². The van der Waals surface area contributed by atoms with Crippen molar-refractivity contribution in [2.24, 2.45) is 0 Å². The van der Waals surface area contributed by atoms with Gasteiger partial charge in [0, 0.05) is 41.6 Å². The highest BCUT2D eigenvalue weighted by atomic mass is 19.1. The molecule has 0 radical (unpaired) electrons. The highest BCUT2D eigenvalue weighted by molar-refractivity contribution is 5.93. The lowest BCUT2D eigenvalue weighted by Gasteiger charge is -2.09. The molecule has 10 heteroatoms. The Kier molecular flexibility index (Phi) is 7.09. The largest absolute Gasteiger partial charge is 0.494 e. The van der Waals surface area contributed by atoms with Crippen molar-refractivity contribution in [3.05, 3.63) is 84.3 Å². The fraction of sp³-hybridized carbons (Fsp3) is 0.222. The molecule has 0 aliphatic carbocycles. The molecule has 37 heavy (non-hydrogen) atoms. The molecule has 0 saturated heterocycles. The summed E-state index contributed by atoms with van der Waals surface area (Å²) in [5.74, 6) is -1.21. The van der Waals surface area contributed by atoms with Crippen LogP contribution in [-0.2, 0) is 18.0 Å². The molecule has 190 valence electrons. The predicted octanol–water partition coefficient (Wildman–Crippen LogP) is 5.76. The minimum atomic E-state index is -0.682. The van der Waals surface area contributed by atoms with E-state index in [9.17, 15) is 8.78 Å². The van der Waals surface area contributed by atoms with Crippen molar-refractivity contribution >= 4 is 22.3 Å². The molecule has 0 aliphatic heterocycles. The van der Waals surface area contributed by atoms with Gasteiger partial charge in [-0.3, -0.25) is 9.67 Å². The summed E-state index contributed by atoms with van der Waals surface area (Å²) in [6.07, 6.45) is 5.24. The number of benzene rings is 2. The second-order valence-corrected chi connectivity index (χ2v) is 8.27. The zero-order chi connectivity index (χ0) is 25.8. The molecule has 0 atom stereocenters. The van der Waals surface area contributed by atoms with Crippen molar-refractivity contribution in [3.8, 4) is 17.1 Å². The van der Waals surface area contributed by atoms with E-state index in [1.165, 1.54) is 12.1 Å². The highest BCUT2D eigenvalue weighted by Gasteiger charge is 2.18. The van der Waals surface area contributed by atoms with E-state index in [0.29, 0.717) is 31.3 Å². The van der Waals surface area contributed by atoms with Crippen LogP contribution in [0.1, 0.15) is 19.4 Å². The number of fused-ring (bicyclic) bond motifs is 1. The summed E-state index contributed by atoms with van der Waals surface area (Å²) in [5, 5.41) is 13.1. The number of rotatable bonds is 10. The van der Waals surface area contributed by atoms with Crippen LogP contribution >= 0.6 is 0 Å². The third kappa shape index (κ3) is 5.29. The van der Waals surface area contributed by atoms with Gasteiger partial charge in [0.15, 0.2) is 0 Å². The lowest BCUT2D eigenvalue weighted by molar-refractivity contribution is 0.0792. The van der Waals surface area contributed by atoms with E-state index in [4.69, 9.17) is 14.6 Å². The van der Waals surface area contributed by atoms with E-state index in [-0.39, 0.29) is 17.9 Å². The molecule has 3 heterocycles. The Balaban J connectivity index is 1.46. The van der Waals surface area contributed by atoms with Crippen LogP contribution in [0.3, 0.4) is 0 Å². The molecular weight excluding hydrogens is 478 g/mol. The fourth-order valence-electron chi connectivity index (χ4n) is 4.06. The zero-order valence-electron chi connectivity index (χ0n) is 20.5. The van der Waals surface area contributed by atoms with E-state index in [1.54, 1.807) is 28.7 Å². The lowest BCUT2D eigenvalue weighted by Crippen LogP contribution is -2.07. The van der Waals surface area contributed by atoms with Gasteiger partial charge in [0.1, 0.15) is 29.8 Å². The number of hydrogen-bond acceptors (Lipinski definition) is 6. The van der Waals surface area contributed by atoms with Crippen LogP contribution in [0, 0.1) is 11.6 Å². The van der Waals surface area contributed by atoms with Gasteiger partial charge < -0.3 is 14.8 Å². The topological polar surface area (TPSA) is 79.0 Å². The summed E-state index contributed by atoms with van der Waals surface area (Å²) in [7, 11) is 0. The quantitative estimate of drug-likeness (QED) is 0.261. The Morgan fingerprint density at radius 1 is 0.973 bits per heavy atom. The number of para-hydroxylation sites is 1. The maximum atomic E-state index is 14.8. The fourth-order valence-corrected chi connectivity index (χ4v) is 4.06. The normalized spacial score (nSPS) is 11.2. The van der Waals surface area contributed by atoms with E-state index >= 15 is 0 Å². The summed E-state index contributed by atoms with van der Waals surface area (Å²) in [5.41, 5.74) is 3.47. The molecular formula is C27H26F2N6O2. The SMILES string of the molecule is CCOCn1cc(Nc2ccnc(-c3nn(Cc4c(F)cc(OCC)cc4F)c4ccccc34)c2)cn1. The first-order chi connectivity index (χ1) is 18.1. The smallest absolute Gasteiger partial charge is 0.139 e. The van der Waals surface area contributed by atoms with Gasteiger partial charge in [0.05, 0.1) is 42.4 Å². The van der Waals surface area contributed by atoms with Crippen LogP contribution in [0.25, 0.3) is 22.3 Å². The summed E-state index contributed by atoms with van der Waals surface area (Å²) in [6.45, 7) is 4.91. The van der Waals surface area contributed by atoms with Crippen LogP contribution in [0.2, 0.25) is 0 Å². The first-order valence-corrected chi connectivity index (χ1v) is 12.0. The van der Waals surface area contributed by atoms with Gasteiger partial charge >= 0.3 is 0 Å². The van der Waals surface area contributed by atoms with Crippen LogP contribution < -0.4 is 10.1 Å². The third-order valence-electron chi connectivity index (χ3n) is 5.74. The van der Waals surface area contributed by atoms with Crippen LogP contribution in [-0.4, -0.2) is 37.8 Å². The minimum absolute atomic E-state index is 0.0818. The standard InChI is InChI=1S/C27H26F2N6O2/c1-3-36-17-34-15-19(14-31-34)32-18-9-10-30-25(11-18)27-21-7-5-6-8-26(21)35(33-27)16-22-23(28)12-20(37-4-2)13-24(22)29/h5-15H,3-4,16-17H2,1-2H3,(H,30,32). The van der Waals surface area contributed by atoms with Crippen molar-refractivity contribution in [1.29, 1.82) is 0 Å². The average molecular weight is 505 g/mol. The average Bonchev–Trinajstić information content (AvgIpc) is 3.50. The molecule has 0 saturated carbocycles. The molecule has 5 rings (SSSR count). The van der Waals surface area contributed by atoms with Gasteiger partial charge in [-0.15, -0.1) is 0 Å². The Morgan fingerprint density at radius 3 is 2.57 bits per heavy atom. The number of nitrogens with one attached hydrogen (secondary N) is 1.